The van der Waals surface area contributed by atoms with Gasteiger partial charge in [0.15, 0.2) is 0 Å². The van der Waals surface area contributed by atoms with E-state index in [1.807, 2.05) is 0 Å². The number of aromatic nitrogens is 3. The smallest absolute Gasteiger partial charge is 0.269 e. The summed E-state index contributed by atoms with van der Waals surface area (Å²) in [4.78, 5) is 15.9. The zero-order valence-corrected chi connectivity index (χ0v) is 16.4. The highest BCUT2D eigenvalue weighted by atomic mass is 19.1. The zero-order chi connectivity index (χ0) is 22.4. The van der Waals surface area contributed by atoms with Crippen molar-refractivity contribution in [3.05, 3.63) is 88.0 Å². The summed E-state index contributed by atoms with van der Waals surface area (Å²) in [5, 5.41) is 26.3. The molecule has 0 fully saturated rings. The first-order valence-corrected chi connectivity index (χ1v) is 9.20. The molecule has 1 N–H and O–H groups in total. The van der Waals surface area contributed by atoms with Crippen molar-refractivity contribution in [2.45, 2.75) is 18.7 Å². The van der Waals surface area contributed by atoms with Gasteiger partial charge in [0, 0.05) is 36.9 Å². The SMILES string of the molecule is C#CCN(Cc1ccc([N+](=O)[O-])cc1)CC(O)(Cn1cncn1)c1ccc(F)cc1F. The molecule has 0 radical (unpaired) electrons. The Kier molecular flexibility index (Phi) is 6.69. The number of halogens is 2. The summed E-state index contributed by atoms with van der Waals surface area (Å²) in [6.45, 7) is 0.0810. The van der Waals surface area contributed by atoms with Crippen molar-refractivity contribution < 1.29 is 18.8 Å². The molecule has 1 unspecified atom stereocenters. The Bertz CT molecular complexity index is 1080. The highest BCUT2D eigenvalue weighted by molar-refractivity contribution is 5.33. The Morgan fingerprint density at radius 2 is 2.00 bits per heavy atom. The van der Waals surface area contributed by atoms with Crippen molar-refractivity contribution in [2.75, 3.05) is 13.1 Å². The van der Waals surface area contributed by atoms with Crippen molar-refractivity contribution in [1.82, 2.24) is 19.7 Å². The van der Waals surface area contributed by atoms with Crippen LogP contribution in [0.4, 0.5) is 14.5 Å². The molecule has 1 aromatic heterocycles. The summed E-state index contributed by atoms with van der Waals surface area (Å²) in [7, 11) is 0. The van der Waals surface area contributed by atoms with E-state index in [1.54, 1.807) is 17.0 Å². The van der Waals surface area contributed by atoms with E-state index in [0.29, 0.717) is 11.6 Å². The molecule has 10 heteroatoms. The molecule has 3 aromatic rings. The van der Waals surface area contributed by atoms with E-state index in [2.05, 4.69) is 16.0 Å². The van der Waals surface area contributed by atoms with E-state index in [9.17, 15) is 24.0 Å². The third-order valence-electron chi connectivity index (χ3n) is 4.68. The number of non-ortho nitro benzene ring substituents is 1. The van der Waals surface area contributed by atoms with Gasteiger partial charge in [-0.15, -0.1) is 6.42 Å². The highest BCUT2D eigenvalue weighted by Gasteiger charge is 2.35. The average molecular weight is 427 g/mol. The molecule has 0 aliphatic rings. The van der Waals surface area contributed by atoms with E-state index in [0.717, 1.165) is 6.07 Å². The minimum atomic E-state index is -1.82. The third-order valence-corrected chi connectivity index (χ3v) is 4.68. The quantitative estimate of drug-likeness (QED) is 0.320. The molecule has 0 bridgehead atoms. The molecular weight excluding hydrogens is 408 g/mol. The van der Waals surface area contributed by atoms with Crippen LogP contribution in [0.25, 0.3) is 0 Å². The maximum Gasteiger partial charge on any atom is 0.269 e. The van der Waals surface area contributed by atoms with Gasteiger partial charge in [-0.3, -0.25) is 15.0 Å². The Hall–Kier alpha value is -3.68. The van der Waals surface area contributed by atoms with Crippen molar-refractivity contribution in [2.24, 2.45) is 0 Å². The van der Waals surface area contributed by atoms with E-state index in [1.165, 1.54) is 35.5 Å². The van der Waals surface area contributed by atoms with Crippen LogP contribution in [0.1, 0.15) is 11.1 Å². The molecule has 1 heterocycles. The third kappa shape index (κ3) is 5.48. The van der Waals surface area contributed by atoms with Gasteiger partial charge < -0.3 is 5.11 Å². The van der Waals surface area contributed by atoms with Gasteiger partial charge in [0.25, 0.3) is 5.69 Å². The second kappa shape index (κ2) is 9.42. The number of rotatable bonds is 9. The van der Waals surface area contributed by atoms with Crippen LogP contribution in [0.15, 0.2) is 55.1 Å². The monoisotopic (exact) mass is 427 g/mol. The van der Waals surface area contributed by atoms with Gasteiger partial charge in [0.2, 0.25) is 0 Å². The summed E-state index contributed by atoms with van der Waals surface area (Å²) >= 11 is 0. The Morgan fingerprint density at radius 1 is 1.26 bits per heavy atom. The first kappa shape index (κ1) is 22.0. The Morgan fingerprint density at radius 3 is 2.58 bits per heavy atom. The minimum absolute atomic E-state index is 0.0525. The van der Waals surface area contributed by atoms with E-state index >= 15 is 0 Å². The lowest BCUT2D eigenvalue weighted by molar-refractivity contribution is -0.384. The van der Waals surface area contributed by atoms with E-state index < -0.39 is 22.2 Å². The predicted octanol–water partition coefficient (Wildman–Crippen LogP) is 2.49. The normalized spacial score (nSPS) is 13.0. The minimum Gasteiger partial charge on any atom is -0.382 e. The molecule has 31 heavy (non-hydrogen) atoms. The van der Waals surface area contributed by atoms with Gasteiger partial charge in [-0.05, 0) is 11.6 Å². The van der Waals surface area contributed by atoms with Crippen LogP contribution in [0.3, 0.4) is 0 Å². The number of terminal acetylenes is 1. The van der Waals surface area contributed by atoms with Gasteiger partial charge in [-0.25, -0.2) is 18.4 Å². The molecule has 160 valence electrons. The first-order chi connectivity index (χ1) is 14.8. The fourth-order valence-corrected chi connectivity index (χ4v) is 3.32. The van der Waals surface area contributed by atoms with Crippen LogP contribution in [0.5, 0.6) is 0 Å². The van der Waals surface area contributed by atoms with Crippen molar-refractivity contribution in [3.63, 3.8) is 0 Å². The number of nitrogens with zero attached hydrogens (tertiary/aromatic N) is 5. The van der Waals surface area contributed by atoms with Crippen LogP contribution >= 0.6 is 0 Å². The van der Waals surface area contributed by atoms with Gasteiger partial charge in [0.1, 0.15) is 29.9 Å². The van der Waals surface area contributed by atoms with Gasteiger partial charge in [-0.1, -0.05) is 24.1 Å². The number of nitro benzene ring substituents is 1. The lowest BCUT2D eigenvalue weighted by Gasteiger charge is -2.34. The molecular formula is C21H19F2N5O3. The topological polar surface area (TPSA) is 97.3 Å². The van der Waals surface area contributed by atoms with E-state index in [4.69, 9.17) is 6.42 Å². The summed E-state index contributed by atoms with van der Waals surface area (Å²) < 4.78 is 29.4. The second-order valence-electron chi connectivity index (χ2n) is 7.02. The van der Waals surface area contributed by atoms with Gasteiger partial charge in [0.05, 0.1) is 18.0 Å². The molecule has 0 amide bonds. The number of hydrogen-bond donors (Lipinski definition) is 1. The zero-order valence-electron chi connectivity index (χ0n) is 16.4. The number of aliphatic hydroxyl groups is 1. The lowest BCUT2D eigenvalue weighted by atomic mass is 9.92. The molecule has 2 aromatic carbocycles. The molecule has 1 atom stereocenters. The van der Waals surface area contributed by atoms with E-state index in [-0.39, 0.29) is 37.4 Å². The average Bonchev–Trinajstić information content (AvgIpc) is 3.21. The molecule has 0 aliphatic carbocycles. The lowest BCUT2D eigenvalue weighted by Crippen LogP contribution is -2.44. The van der Waals surface area contributed by atoms with Crippen LogP contribution in [0.2, 0.25) is 0 Å². The second-order valence-corrected chi connectivity index (χ2v) is 7.02. The van der Waals surface area contributed by atoms with Crippen LogP contribution in [-0.2, 0) is 18.7 Å². The predicted molar refractivity (Wildman–Crippen MR) is 107 cm³/mol. The van der Waals surface area contributed by atoms with Crippen molar-refractivity contribution >= 4 is 5.69 Å². The standard InChI is InChI=1S/C21H19F2N5O3/c1-2-9-26(11-16-3-6-18(7-4-16)28(30)31)12-21(29,13-27-15-24-14-25-27)19-8-5-17(22)10-20(19)23/h1,3-8,10,14-15,29H,9,11-13H2. The first-order valence-electron chi connectivity index (χ1n) is 9.20. The van der Waals surface area contributed by atoms with Crippen LogP contribution < -0.4 is 0 Å². The van der Waals surface area contributed by atoms with Gasteiger partial charge in [-0.2, -0.15) is 5.10 Å². The number of hydrogen-bond acceptors (Lipinski definition) is 6. The fraction of sp³-hybridized carbons (Fsp3) is 0.238. The number of nitro groups is 1. The highest BCUT2D eigenvalue weighted by Crippen LogP contribution is 2.28. The van der Waals surface area contributed by atoms with Crippen molar-refractivity contribution in [1.29, 1.82) is 0 Å². The number of benzene rings is 2. The maximum atomic E-state index is 14.6. The molecule has 3 rings (SSSR count). The summed E-state index contributed by atoms with van der Waals surface area (Å²) in [5.41, 5.74) is -1.27. The molecule has 0 aliphatic heterocycles. The molecule has 8 nitrogen and oxygen atoms in total. The Labute approximate surface area is 176 Å². The summed E-state index contributed by atoms with van der Waals surface area (Å²) in [5.74, 6) is 0.820. The van der Waals surface area contributed by atoms with Crippen LogP contribution in [-0.4, -0.2) is 42.8 Å². The Balaban J connectivity index is 1.91. The molecule has 0 saturated heterocycles. The fourth-order valence-electron chi connectivity index (χ4n) is 3.32. The maximum absolute atomic E-state index is 14.6. The summed E-state index contributed by atoms with van der Waals surface area (Å²) in [6.07, 6.45) is 8.12. The largest absolute Gasteiger partial charge is 0.382 e. The van der Waals surface area contributed by atoms with Crippen molar-refractivity contribution in [3.8, 4) is 12.3 Å². The molecule has 0 saturated carbocycles. The van der Waals surface area contributed by atoms with Crippen LogP contribution in [0, 0.1) is 34.1 Å². The summed E-state index contributed by atoms with van der Waals surface area (Å²) in [6, 6.07) is 8.83. The molecule has 0 spiro atoms. The van der Waals surface area contributed by atoms with Gasteiger partial charge >= 0.3 is 0 Å².